The van der Waals surface area contributed by atoms with Gasteiger partial charge < -0.3 is 10.2 Å². The number of benzene rings is 1. The van der Waals surface area contributed by atoms with Gasteiger partial charge in [-0.25, -0.2) is 4.39 Å². The summed E-state index contributed by atoms with van der Waals surface area (Å²) in [6.07, 6.45) is 0.418. The van der Waals surface area contributed by atoms with Crippen molar-refractivity contribution in [1.29, 1.82) is 0 Å². The summed E-state index contributed by atoms with van der Waals surface area (Å²) in [6, 6.07) is 9.60. The van der Waals surface area contributed by atoms with Gasteiger partial charge in [0, 0.05) is 10.3 Å². The van der Waals surface area contributed by atoms with Gasteiger partial charge in [0.2, 0.25) is 0 Å². The standard InChI is InChI=1S/C14H14ClFO2S/c15-13-5-4-12(19-13)7-14(8-17,9-18)10-2-1-3-11(16)6-10/h1-6,17-18H,7-9H2. The van der Waals surface area contributed by atoms with Crippen LogP contribution < -0.4 is 0 Å². The molecule has 0 unspecified atom stereocenters. The highest BCUT2D eigenvalue weighted by atomic mass is 35.5. The fourth-order valence-electron chi connectivity index (χ4n) is 2.05. The molecule has 1 aromatic carbocycles. The predicted molar refractivity (Wildman–Crippen MR) is 75.3 cm³/mol. The number of hydrogen-bond acceptors (Lipinski definition) is 3. The molecule has 5 heteroatoms. The van der Waals surface area contributed by atoms with E-state index in [-0.39, 0.29) is 19.0 Å². The van der Waals surface area contributed by atoms with E-state index >= 15 is 0 Å². The van der Waals surface area contributed by atoms with E-state index in [1.807, 2.05) is 6.07 Å². The normalized spacial score (nSPS) is 11.8. The highest BCUT2D eigenvalue weighted by Crippen LogP contribution is 2.32. The number of halogens is 2. The molecule has 1 heterocycles. The molecule has 102 valence electrons. The van der Waals surface area contributed by atoms with Crippen LogP contribution >= 0.6 is 22.9 Å². The van der Waals surface area contributed by atoms with Crippen LogP contribution in [0.3, 0.4) is 0 Å². The Labute approximate surface area is 120 Å². The molecule has 0 atom stereocenters. The van der Waals surface area contributed by atoms with E-state index in [9.17, 15) is 14.6 Å². The minimum atomic E-state index is -0.893. The van der Waals surface area contributed by atoms with E-state index in [0.29, 0.717) is 16.3 Å². The molecule has 2 N–H and O–H groups in total. The first-order chi connectivity index (χ1) is 9.09. The van der Waals surface area contributed by atoms with Gasteiger partial charge in [-0.3, -0.25) is 0 Å². The van der Waals surface area contributed by atoms with Crippen LogP contribution in [0.2, 0.25) is 4.34 Å². The Morgan fingerprint density at radius 3 is 2.42 bits per heavy atom. The average Bonchev–Trinajstić information content (AvgIpc) is 2.81. The van der Waals surface area contributed by atoms with Crippen molar-refractivity contribution in [3.63, 3.8) is 0 Å². The van der Waals surface area contributed by atoms with E-state index in [0.717, 1.165) is 4.88 Å². The van der Waals surface area contributed by atoms with Crippen molar-refractivity contribution in [1.82, 2.24) is 0 Å². The number of hydrogen-bond donors (Lipinski definition) is 2. The molecule has 0 aliphatic rings. The summed E-state index contributed by atoms with van der Waals surface area (Å²) in [7, 11) is 0. The van der Waals surface area contributed by atoms with Crippen molar-refractivity contribution in [3.05, 3.63) is 57.0 Å². The first-order valence-corrected chi connectivity index (χ1v) is 7.01. The highest BCUT2D eigenvalue weighted by Gasteiger charge is 2.32. The number of rotatable bonds is 5. The minimum absolute atomic E-state index is 0.261. The zero-order valence-corrected chi connectivity index (χ0v) is 11.7. The van der Waals surface area contributed by atoms with Gasteiger partial charge in [0.05, 0.1) is 17.6 Å². The van der Waals surface area contributed by atoms with Gasteiger partial charge in [0.1, 0.15) is 5.82 Å². The van der Waals surface area contributed by atoms with Gasteiger partial charge in [-0.2, -0.15) is 0 Å². The molecule has 0 amide bonds. The SMILES string of the molecule is OCC(CO)(Cc1ccc(Cl)s1)c1cccc(F)c1. The second kappa shape index (κ2) is 6.01. The second-order valence-corrected chi connectivity index (χ2v) is 6.29. The zero-order chi connectivity index (χ0) is 13.9. The summed E-state index contributed by atoms with van der Waals surface area (Å²) in [5.74, 6) is -0.381. The van der Waals surface area contributed by atoms with Crippen molar-refractivity contribution in [2.75, 3.05) is 13.2 Å². The van der Waals surface area contributed by atoms with Crippen molar-refractivity contribution in [2.24, 2.45) is 0 Å². The maximum absolute atomic E-state index is 13.3. The zero-order valence-electron chi connectivity index (χ0n) is 10.1. The molecule has 0 spiro atoms. The van der Waals surface area contributed by atoms with Crippen LogP contribution in [0.1, 0.15) is 10.4 Å². The first kappa shape index (κ1) is 14.5. The van der Waals surface area contributed by atoms with Crippen LogP contribution in [0.25, 0.3) is 0 Å². The quantitative estimate of drug-likeness (QED) is 0.891. The van der Waals surface area contributed by atoms with Crippen molar-refractivity contribution in [2.45, 2.75) is 11.8 Å². The number of aliphatic hydroxyl groups excluding tert-OH is 2. The van der Waals surface area contributed by atoms with Crippen molar-refractivity contribution < 1.29 is 14.6 Å². The van der Waals surface area contributed by atoms with Gasteiger partial charge in [-0.05, 0) is 36.2 Å². The summed E-state index contributed by atoms with van der Waals surface area (Å²) in [5, 5.41) is 19.4. The third-order valence-electron chi connectivity index (χ3n) is 3.18. The third kappa shape index (κ3) is 3.15. The Hall–Kier alpha value is -0.940. The van der Waals surface area contributed by atoms with E-state index < -0.39 is 5.41 Å². The lowest BCUT2D eigenvalue weighted by atomic mass is 9.78. The summed E-state index contributed by atoms with van der Waals surface area (Å²) < 4.78 is 14.0. The van der Waals surface area contributed by atoms with Gasteiger partial charge in [-0.15, -0.1) is 11.3 Å². The molecule has 0 aliphatic carbocycles. The average molecular weight is 301 g/mol. The van der Waals surface area contributed by atoms with Crippen molar-refractivity contribution in [3.8, 4) is 0 Å². The summed E-state index contributed by atoms with van der Waals surface area (Å²) in [6.45, 7) is -0.523. The van der Waals surface area contributed by atoms with E-state index in [1.165, 1.54) is 23.5 Å². The summed E-state index contributed by atoms with van der Waals surface area (Å²) >= 11 is 7.27. The largest absolute Gasteiger partial charge is 0.395 e. The highest BCUT2D eigenvalue weighted by molar-refractivity contribution is 7.16. The molecule has 0 bridgehead atoms. The van der Waals surface area contributed by atoms with E-state index in [1.54, 1.807) is 18.2 Å². The summed E-state index contributed by atoms with van der Waals surface area (Å²) in [5.41, 5.74) is -0.307. The Kier molecular flexibility index (Phi) is 4.58. The molecule has 0 saturated heterocycles. The molecule has 0 radical (unpaired) electrons. The molecule has 1 aromatic heterocycles. The molecule has 0 saturated carbocycles. The predicted octanol–water partition coefficient (Wildman–Crippen LogP) is 3.01. The fourth-order valence-corrected chi connectivity index (χ4v) is 3.28. The third-order valence-corrected chi connectivity index (χ3v) is 4.41. The maximum Gasteiger partial charge on any atom is 0.123 e. The van der Waals surface area contributed by atoms with Crippen LogP contribution in [0.5, 0.6) is 0 Å². The summed E-state index contributed by atoms with van der Waals surface area (Å²) in [4.78, 5) is 0.942. The molecule has 19 heavy (non-hydrogen) atoms. The number of thiophene rings is 1. The topological polar surface area (TPSA) is 40.5 Å². The van der Waals surface area contributed by atoms with Gasteiger partial charge in [0.15, 0.2) is 0 Å². The van der Waals surface area contributed by atoms with Crippen LogP contribution in [0, 0.1) is 5.82 Å². The fraction of sp³-hybridized carbons (Fsp3) is 0.286. The van der Waals surface area contributed by atoms with Crippen LogP contribution in [-0.4, -0.2) is 23.4 Å². The van der Waals surface area contributed by atoms with E-state index in [4.69, 9.17) is 11.6 Å². The Morgan fingerprint density at radius 2 is 1.89 bits per heavy atom. The molecular weight excluding hydrogens is 287 g/mol. The smallest absolute Gasteiger partial charge is 0.123 e. The Balaban J connectivity index is 2.37. The van der Waals surface area contributed by atoms with Gasteiger partial charge in [-0.1, -0.05) is 23.7 Å². The first-order valence-electron chi connectivity index (χ1n) is 5.81. The molecular formula is C14H14ClFO2S. The van der Waals surface area contributed by atoms with Crippen molar-refractivity contribution >= 4 is 22.9 Å². The molecule has 0 fully saturated rings. The van der Waals surface area contributed by atoms with E-state index in [2.05, 4.69) is 0 Å². The lowest BCUT2D eigenvalue weighted by Crippen LogP contribution is -2.37. The van der Waals surface area contributed by atoms with Gasteiger partial charge >= 0.3 is 0 Å². The Morgan fingerprint density at radius 1 is 1.16 bits per heavy atom. The second-order valence-electron chi connectivity index (χ2n) is 4.49. The minimum Gasteiger partial charge on any atom is -0.395 e. The molecule has 2 aromatic rings. The number of aliphatic hydroxyl groups is 2. The maximum atomic E-state index is 13.3. The lowest BCUT2D eigenvalue weighted by Gasteiger charge is -2.30. The molecule has 0 aliphatic heterocycles. The van der Waals surface area contributed by atoms with Crippen LogP contribution in [-0.2, 0) is 11.8 Å². The van der Waals surface area contributed by atoms with Gasteiger partial charge in [0.25, 0.3) is 0 Å². The lowest BCUT2D eigenvalue weighted by molar-refractivity contribution is 0.116. The van der Waals surface area contributed by atoms with Crippen LogP contribution in [0.4, 0.5) is 4.39 Å². The Bertz CT molecular complexity index is 552. The monoisotopic (exact) mass is 300 g/mol. The molecule has 2 rings (SSSR count). The van der Waals surface area contributed by atoms with Crippen LogP contribution in [0.15, 0.2) is 36.4 Å². The molecule has 2 nitrogen and oxygen atoms in total.